The average Bonchev–Trinajstić information content (AvgIpc) is 2.85. The lowest BCUT2D eigenvalue weighted by Crippen LogP contribution is -2.48. The van der Waals surface area contributed by atoms with Crippen LogP contribution in [0.3, 0.4) is 0 Å². The van der Waals surface area contributed by atoms with E-state index in [1.54, 1.807) is 13.8 Å². The molecule has 0 aliphatic carbocycles. The second-order valence-electron chi connectivity index (χ2n) is 5.27. The zero-order valence-electron chi connectivity index (χ0n) is 10.4. The van der Waals surface area contributed by atoms with Crippen molar-refractivity contribution in [3.05, 3.63) is 24.0 Å². The Morgan fingerprint density at radius 1 is 1.65 bits per heavy atom. The van der Waals surface area contributed by atoms with Crippen LogP contribution in [-0.4, -0.2) is 39.1 Å². The molecule has 1 aliphatic rings. The van der Waals surface area contributed by atoms with Crippen LogP contribution in [0.15, 0.2) is 18.3 Å². The van der Waals surface area contributed by atoms with Gasteiger partial charge in [-0.05, 0) is 38.8 Å². The average molecular weight is 236 g/mol. The van der Waals surface area contributed by atoms with Gasteiger partial charge in [-0.25, -0.2) is 0 Å². The van der Waals surface area contributed by atoms with Crippen molar-refractivity contribution >= 4 is 5.91 Å². The molecule has 1 fully saturated rings. The van der Waals surface area contributed by atoms with Gasteiger partial charge in [0.05, 0.1) is 18.1 Å². The molecule has 1 aromatic heterocycles. The van der Waals surface area contributed by atoms with Gasteiger partial charge in [0.25, 0.3) is 0 Å². The van der Waals surface area contributed by atoms with E-state index in [9.17, 15) is 9.90 Å². The Morgan fingerprint density at radius 3 is 3.00 bits per heavy atom. The number of hydrogen-bond donors (Lipinski definition) is 2. The summed E-state index contributed by atoms with van der Waals surface area (Å²) in [6.45, 7) is 4.31. The molecule has 1 unspecified atom stereocenters. The molecule has 1 atom stereocenters. The normalized spacial score (nSPS) is 20.9. The second kappa shape index (κ2) is 4.53. The topological polar surface area (TPSA) is 56.3 Å². The van der Waals surface area contributed by atoms with E-state index in [0.29, 0.717) is 6.42 Å². The van der Waals surface area contributed by atoms with Crippen LogP contribution in [0, 0.1) is 0 Å². The molecule has 2 rings (SSSR count). The van der Waals surface area contributed by atoms with E-state index in [2.05, 4.69) is 4.98 Å². The number of rotatable bonds is 3. The Bertz CT molecular complexity index is 379. The van der Waals surface area contributed by atoms with Crippen LogP contribution < -0.4 is 0 Å². The molecule has 2 heterocycles. The number of carbonyl (C=O) groups is 1. The van der Waals surface area contributed by atoms with Crippen LogP contribution in [0.5, 0.6) is 0 Å². The maximum atomic E-state index is 12.2. The van der Waals surface area contributed by atoms with Crippen LogP contribution in [0.25, 0.3) is 0 Å². The number of nitrogens with zero attached hydrogens (tertiary/aromatic N) is 1. The number of nitrogens with one attached hydrogen (secondary N) is 1. The zero-order chi connectivity index (χ0) is 12.5. The Kier molecular flexibility index (Phi) is 3.24. The highest BCUT2D eigenvalue weighted by atomic mass is 16.3. The van der Waals surface area contributed by atoms with Crippen LogP contribution in [0.2, 0.25) is 0 Å². The predicted octanol–water partition coefficient (Wildman–Crippen LogP) is 1.32. The number of carbonyl (C=O) groups excluding carboxylic acids is 1. The molecule has 1 amide bonds. The summed E-state index contributed by atoms with van der Waals surface area (Å²) in [4.78, 5) is 17.0. The van der Waals surface area contributed by atoms with E-state index in [-0.39, 0.29) is 11.9 Å². The molecule has 17 heavy (non-hydrogen) atoms. The highest BCUT2D eigenvalue weighted by molar-refractivity contribution is 5.79. The molecule has 0 radical (unpaired) electrons. The lowest BCUT2D eigenvalue weighted by atomic mass is 9.96. The monoisotopic (exact) mass is 236 g/mol. The Hall–Kier alpha value is -1.29. The molecular weight excluding hydrogens is 216 g/mol. The number of likely N-dealkylation sites (tertiary alicyclic amines) is 1. The second-order valence-corrected chi connectivity index (χ2v) is 5.27. The third-order valence-electron chi connectivity index (χ3n) is 3.39. The fraction of sp³-hybridized carbons (Fsp3) is 0.615. The summed E-state index contributed by atoms with van der Waals surface area (Å²) in [6, 6.07) is 3.75. The molecule has 94 valence electrons. The number of aromatic amines is 1. The van der Waals surface area contributed by atoms with Gasteiger partial charge in [-0.1, -0.05) is 0 Å². The van der Waals surface area contributed by atoms with Crippen molar-refractivity contribution in [2.75, 3.05) is 6.54 Å². The van der Waals surface area contributed by atoms with E-state index in [4.69, 9.17) is 0 Å². The minimum Gasteiger partial charge on any atom is -0.388 e. The zero-order valence-corrected chi connectivity index (χ0v) is 10.4. The third kappa shape index (κ3) is 2.69. The summed E-state index contributed by atoms with van der Waals surface area (Å²) in [6.07, 6.45) is 4.07. The Balaban J connectivity index is 2.04. The largest absolute Gasteiger partial charge is 0.388 e. The van der Waals surface area contributed by atoms with E-state index in [1.807, 2.05) is 23.2 Å². The van der Waals surface area contributed by atoms with E-state index < -0.39 is 5.60 Å². The standard InChI is InChI=1S/C13H20N2O2/c1-13(2,17)11-6-4-8-15(11)12(16)9-10-5-3-7-14-10/h3,5,7,11,14,17H,4,6,8-9H2,1-2H3. The van der Waals surface area contributed by atoms with Crippen LogP contribution >= 0.6 is 0 Å². The summed E-state index contributed by atoms with van der Waals surface area (Å²) in [5, 5.41) is 10.1. The molecule has 0 spiro atoms. The van der Waals surface area contributed by atoms with E-state index in [0.717, 1.165) is 25.1 Å². The molecule has 2 N–H and O–H groups in total. The molecule has 0 aromatic carbocycles. The van der Waals surface area contributed by atoms with Crippen molar-refractivity contribution in [1.29, 1.82) is 0 Å². The number of aromatic nitrogens is 1. The fourth-order valence-electron chi connectivity index (χ4n) is 2.54. The van der Waals surface area contributed by atoms with Crippen LogP contribution in [0.1, 0.15) is 32.4 Å². The first-order chi connectivity index (χ1) is 7.98. The van der Waals surface area contributed by atoms with Crippen molar-refractivity contribution < 1.29 is 9.90 Å². The predicted molar refractivity (Wildman–Crippen MR) is 65.5 cm³/mol. The first kappa shape index (κ1) is 12.2. The van der Waals surface area contributed by atoms with Crippen molar-refractivity contribution in [1.82, 2.24) is 9.88 Å². The van der Waals surface area contributed by atoms with Gasteiger partial charge in [0, 0.05) is 18.4 Å². The summed E-state index contributed by atoms with van der Waals surface area (Å²) < 4.78 is 0. The minimum atomic E-state index is -0.818. The highest BCUT2D eigenvalue weighted by Gasteiger charge is 2.38. The van der Waals surface area contributed by atoms with Gasteiger partial charge in [0.1, 0.15) is 0 Å². The lowest BCUT2D eigenvalue weighted by Gasteiger charge is -2.33. The molecule has 1 aromatic rings. The Morgan fingerprint density at radius 2 is 2.41 bits per heavy atom. The number of H-pyrrole nitrogens is 1. The van der Waals surface area contributed by atoms with Crippen LogP contribution in [0.4, 0.5) is 0 Å². The third-order valence-corrected chi connectivity index (χ3v) is 3.39. The SMILES string of the molecule is CC(C)(O)C1CCCN1C(=O)Cc1ccc[nH]1. The van der Waals surface area contributed by atoms with Gasteiger partial charge in [-0.2, -0.15) is 0 Å². The van der Waals surface area contributed by atoms with E-state index >= 15 is 0 Å². The van der Waals surface area contributed by atoms with Gasteiger partial charge < -0.3 is 15.0 Å². The van der Waals surface area contributed by atoms with Gasteiger partial charge in [0.15, 0.2) is 0 Å². The van der Waals surface area contributed by atoms with Gasteiger partial charge >= 0.3 is 0 Å². The van der Waals surface area contributed by atoms with E-state index in [1.165, 1.54) is 0 Å². The quantitative estimate of drug-likeness (QED) is 0.831. The van der Waals surface area contributed by atoms with Crippen molar-refractivity contribution in [3.8, 4) is 0 Å². The first-order valence-electron chi connectivity index (χ1n) is 6.12. The summed E-state index contributed by atoms with van der Waals surface area (Å²) in [5.41, 5.74) is 0.110. The number of aliphatic hydroxyl groups is 1. The van der Waals surface area contributed by atoms with Crippen molar-refractivity contribution in [3.63, 3.8) is 0 Å². The maximum absolute atomic E-state index is 12.2. The molecule has 4 nitrogen and oxygen atoms in total. The first-order valence-corrected chi connectivity index (χ1v) is 6.12. The Labute approximate surface area is 102 Å². The molecule has 4 heteroatoms. The minimum absolute atomic E-state index is 0.0510. The van der Waals surface area contributed by atoms with Gasteiger partial charge in [0.2, 0.25) is 5.91 Å². The van der Waals surface area contributed by atoms with Crippen molar-refractivity contribution in [2.45, 2.75) is 44.8 Å². The molecule has 1 saturated heterocycles. The molecule has 0 bridgehead atoms. The molecule has 0 saturated carbocycles. The number of hydrogen-bond acceptors (Lipinski definition) is 2. The van der Waals surface area contributed by atoms with Crippen molar-refractivity contribution in [2.24, 2.45) is 0 Å². The smallest absolute Gasteiger partial charge is 0.228 e. The summed E-state index contributed by atoms with van der Waals surface area (Å²) in [7, 11) is 0. The number of amides is 1. The lowest BCUT2D eigenvalue weighted by molar-refractivity contribution is -0.135. The molecular formula is C13H20N2O2. The molecule has 1 aliphatic heterocycles. The van der Waals surface area contributed by atoms with Gasteiger partial charge in [-0.15, -0.1) is 0 Å². The summed E-state index contributed by atoms with van der Waals surface area (Å²) >= 11 is 0. The van der Waals surface area contributed by atoms with Gasteiger partial charge in [-0.3, -0.25) is 4.79 Å². The van der Waals surface area contributed by atoms with Crippen LogP contribution in [-0.2, 0) is 11.2 Å². The summed E-state index contributed by atoms with van der Waals surface area (Å²) in [5.74, 6) is 0.0945. The highest BCUT2D eigenvalue weighted by Crippen LogP contribution is 2.27. The fourth-order valence-corrected chi connectivity index (χ4v) is 2.54. The maximum Gasteiger partial charge on any atom is 0.228 e.